The lowest BCUT2D eigenvalue weighted by Gasteiger charge is -2.14. The van der Waals surface area contributed by atoms with Crippen molar-refractivity contribution in [3.05, 3.63) is 220 Å². The predicted octanol–water partition coefficient (Wildman–Crippen LogP) is 13.6. The molecule has 0 aliphatic heterocycles. The molecular weight excluding hydrogens is 639 g/mol. The minimum atomic E-state index is 0.757. The number of nitrogens with zero attached hydrogens (tertiary/aromatic N) is 1. The molecule has 53 heavy (non-hydrogen) atoms. The molecule has 0 radical (unpaired) electrons. The van der Waals surface area contributed by atoms with Crippen LogP contribution in [-0.4, -0.2) is 5.71 Å². The number of benzene rings is 6. The zero-order valence-corrected chi connectivity index (χ0v) is 31.1. The van der Waals surface area contributed by atoms with Crippen molar-refractivity contribution in [3.8, 4) is 11.1 Å². The summed E-state index contributed by atoms with van der Waals surface area (Å²) in [4.78, 5) is 5.02. The third kappa shape index (κ3) is 8.54. The van der Waals surface area contributed by atoms with E-state index in [1.807, 2.05) is 6.08 Å². The van der Waals surface area contributed by atoms with Gasteiger partial charge in [-0.05, 0) is 112 Å². The average Bonchev–Trinajstić information content (AvgIpc) is 3.68. The van der Waals surface area contributed by atoms with Crippen LogP contribution in [0.3, 0.4) is 0 Å². The van der Waals surface area contributed by atoms with Crippen LogP contribution < -0.4 is 0 Å². The van der Waals surface area contributed by atoms with Crippen LogP contribution >= 0.6 is 0 Å². The molecule has 0 unspecified atom stereocenters. The highest BCUT2D eigenvalue weighted by molar-refractivity contribution is 6.17. The van der Waals surface area contributed by atoms with Gasteiger partial charge in [0.1, 0.15) is 0 Å². The maximum absolute atomic E-state index is 5.02. The molecule has 0 atom stereocenters. The van der Waals surface area contributed by atoms with E-state index in [9.17, 15) is 0 Å². The van der Waals surface area contributed by atoms with Gasteiger partial charge >= 0.3 is 0 Å². The smallest absolute Gasteiger partial charge is 0.0712 e. The van der Waals surface area contributed by atoms with Gasteiger partial charge in [-0.1, -0.05) is 183 Å². The summed E-state index contributed by atoms with van der Waals surface area (Å²) in [5.41, 5.74) is 17.0. The van der Waals surface area contributed by atoms with E-state index in [2.05, 4.69) is 191 Å². The van der Waals surface area contributed by atoms with Gasteiger partial charge < -0.3 is 0 Å². The van der Waals surface area contributed by atoms with Crippen molar-refractivity contribution in [2.45, 2.75) is 46.5 Å². The van der Waals surface area contributed by atoms with E-state index in [0.29, 0.717) is 0 Å². The van der Waals surface area contributed by atoms with Crippen molar-refractivity contribution >= 4 is 33.8 Å². The van der Waals surface area contributed by atoms with Gasteiger partial charge in [0.2, 0.25) is 0 Å². The molecular formula is C52H47N. The second-order valence-electron chi connectivity index (χ2n) is 14.0. The highest BCUT2D eigenvalue weighted by atomic mass is 14.8. The van der Waals surface area contributed by atoms with Crippen molar-refractivity contribution in [1.82, 2.24) is 0 Å². The Labute approximate surface area is 315 Å². The Balaban J connectivity index is 0.000000418. The lowest BCUT2D eigenvalue weighted by Crippen LogP contribution is -2.03. The molecule has 0 amide bonds. The molecule has 0 saturated carbocycles. The average molecular weight is 686 g/mol. The van der Waals surface area contributed by atoms with Crippen molar-refractivity contribution in [2.75, 3.05) is 0 Å². The third-order valence-electron chi connectivity index (χ3n) is 10.2. The Bertz CT molecular complexity index is 2430. The minimum absolute atomic E-state index is 0.757. The van der Waals surface area contributed by atoms with Crippen molar-refractivity contribution < 1.29 is 0 Å². The minimum Gasteiger partial charge on any atom is -0.248 e. The summed E-state index contributed by atoms with van der Waals surface area (Å²) < 4.78 is 0. The molecule has 1 nitrogen and oxygen atoms in total. The van der Waals surface area contributed by atoms with Gasteiger partial charge in [0.25, 0.3) is 0 Å². The molecule has 8 rings (SSSR count). The summed E-state index contributed by atoms with van der Waals surface area (Å²) in [6.07, 6.45) is 17.1. The largest absolute Gasteiger partial charge is 0.248 e. The van der Waals surface area contributed by atoms with Gasteiger partial charge in [-0.15, -0.1) is 0 Å². The molecule has 2 aliphatic rings. The summed E-state index contributed by atoms with van der Waals surface area (Å²) >= 11 is 0. The predicted molar refractivity (Wildman–Crippen MR) is 230 cm³/mol. The molecule has 2 aliphatic carbocycles. The normalized spacial score (nSPS) is 14.6. The van der Waals surface area contributed by atoms with Crippen molar-refractivity contribution in [2.24, 2.45) is 4.99 Å². The van der Waals surface area contributed by atoms with Crippen LogP contribution in [0, 0.1) is 6.92 Å². The standard InChI is InChI=1S/C43H39N.C9H8/c1-5-12-35-13-6-8-15-39(35)27-33-25-30(2)26-41(28-33)37-21-19-34(20-22-37)32(4)44-43-18-11-10-17-42(43)31(3)38-24-23-36-14-7-9-16-40(36)29-38;1-2-5-9-7-3-6-8(9)4-1/h6-11,13-26,28-29H,4-5,12,27H2,1-3H3;1-6H,7H2/b42-31+,44-43?;. The van der Waals surface area contributed by atoms with E-state index in [1.54, 1.807) is 0 Å². The van der Waals surface area contributed by atoms with E-state index in [-0.39, 0.29) is 0 Å². The van der Waals surface area contributed by atoms with E-state index in [4.69, 9.17) is 4.99 Å². The molecule has 0 N–H and O–H groups in total. The first-order chi connectivity index (χ1) is 25.9. The summed E-state index contributed by atoms with van der Waals surface area (Å²) in [5, 5.41) is 2.49. The lowest BCUT2D eigenvalue weighted by atomic mass is 9.93. The first kappa shape index (κ1) is 35.4. The van der Waals surface area contributed by atoms with Gasteiger partial charge in [0.15, 0.2) is 0 Å². The van der Waals surface area contributed by atoms with Crippen LogP contribution in [0.1, 0.15) is 64.8 Å². The Morgan fingerprint density at radius 2 is 1.38 bits per heavy atom. The zero-order valence-electron chi connectivity index (χ0n) is 31.1. The highest BCUT2D eigenvalue weighted by Crippen LogP contribution is 2.30. The fourth-order valence-electron chi connectivity index (χ4n) is 7.32. The lowest BCUT2D eigenvalue weighted by molar-refractivity contribution is 0.904. The molecule has 0 aromatic heterocycles. The number of hydrogen-bond acceptors (Lipinski definition) is 1. The Kier molecular flexibility index (Phi) is 11.0. The number of aliphatic imine (C=N–C) groups is 1. The third-order valence-corrected chi connectivity index (χ3v) is 10.2. The molecule has 260 valence electrons. The Morgan fingerprint density at radius 3 is 2.19 bits per heavy atom. The van der Waals surface area contributed by atoms with Gasteiger partial charge in [-0.2, -0.15) is 0 Å². The quantitative estimate of drug-likeness (QED) is 0.151. The van der Waals surface area contributed by atoms with Gasteiger partial charge in [0, 0.05) is 5.57 Å². The number of fused-ring (bicyclic) bond motifs is 2. The fourth-order valence-corrected chi connectivity index (χ4v) is 7.32. The van der Waals surface area contributed by atoms with Crippen LogP contribution in [0.5, 0.6) is 0 Å². The van der Waals surface area contributed by atoms with Crippen LogP contribution in [0.25, 0.3) is 39.2 Å². The number of rotatable bonds is 8. The molecule has 0 bridgehead atoms. The summed E-state index contributed by atoms with van der Waals surface area (Å²) in [7, 11) is 0. The first-order valence-corrected chi connectivity index (χ1v) is 18.8. The van der Waals surface area contributed by atoms with Gasteiger partial charge in [0.05, 0.1) is 11.4 Å². The zero-order chi connectivity index (χ0) is 36.6. The maximum Gasteiger partial charge on any atom is 0.0712 e. The van der Waals surface area contributed by atoms with Crippen LogP contribution in [0.2, 0.25) is 0 Å². The number of hydrogen-bond donors (Lipinski definition) is 0. The van der Waals surface area contributed by atoms with Crippen molar-refractivity contribution in [1.29, 1.82) is 0 Å². The molecule has 0 fully saturated rings. The topological polar surface area (TPSA) is 12.4 Å². The molecule has 1 heteroatoms. The summed E-state index contributed by atoms with van der Waals surface area (Å²) in [6.45, 7) is 11.0. The molecule has 6 aromatic rings. The fraction of sp³-hybridized carbons (Fsp3) is 0.135. The second kappa shape index (κ2) is 16.5. The number of allylic oxidation sites excluding steroid dienone is 7. The van der Waals surface area contributed by atoms with E-state index >= 15 is 0 Å². The first-order valence-electron chi connectivity index (χ1n) is 18.8. The summed E-state index contributed by atoms with van der Waals surface area (Å²) in [6, 6.07) is 48.1. The molecule has 0 heterocycles. The van der Waals surface area contributed by atoms with Crippen molar-refractivity contribution in [3.63, 3.8) is 0 Å². The highest BCUT2D eigenvalue weighted by Gasteiger charge is 2.12. The van der Waals surface area contributed by atoms with Crippen LogP contribution in [0.4, 0.5) is 0 Å². The maximum atomic E-state index is 5.02. The number of aryl methyl sites for hydroxylation is 2. The second-order valence-corrected chi connectivity index (χ2v) is 14.0. The van der Waals surface area contributed by atoms with Crippen LogP contribution in [-0.2, 0) is 19.3 Å². The Hall–Kier alpha value is -6.05. The van der Waals surface area contributed by atoms with Gasteiger partial charge in [-0.3, -0.25) is 0 Å². The summed E-state index contributed by atoms with van der Waals surface area (Å²) in [5.74, 6) is 0. The Morgan fingerprint density at radius 1 is 0.660 bits per heavy atom. The van der Waals surface area contributed by atoms with E-state index < -0.39 is 0 Å². The van der Waals surface area contributed by atoms with Crippen LogP contribution in [0.15, 0.2) is 181 Å². The SMILES string of the molecule is C1=Cc2ccccc2C1.C=C(N=C1C=CC=C/C1=C(/C)c1ccc2ccccc2c1)c1ccc(-c2cc(C)cc(Cc3ccccc3CCC)c2)cc1. The van der Waals surface area contributed by atoms with E-state index in [0.717, 1.165) is 48.2 Å². The molecule has 0 spiro atoms. The molecule has 0 saturated heterocycles. The monoisotopic (exact) mass is 685 g/mol. The molecule has 6 aromatic carbocycles. The van der Waals surface area contributed by atoms with Gasteiger partial charge in [-0.25, -0.2) is 4.99 Å². The van der Waals surface area contributed by atoms with E-state index in [1.165, 1.54) is 66.4 Å².